The summed E-state index contributed by atoms with van der Waals surface area (Å²) in [5.41, 5.74) is 2.80. The molecule has 5 nitrogen and oxygen atoms in total. The highest BCUT2D eigenvalue weighted by molar-refractivity contribution is 5.70. The molecule has 0 bridgehead atoms. The molecule has 0 aromatic carbocycles. The summed E-state index contributed by atoms with van der Waals surface area (Å²) >= 11 is 0. The van der Waals surface area contributed by atoms with Gasteiger partial charge in [-0.3, -0.25) is 10.2 Å². The lowest BCUT2D eigenvalue weighted by molar-refractivity contribution is -0.154. The van der Waals surface area contributed by atoms with Crippen molar-refractivity contribution in [2.45, 2.75) is 32.8 Å². The van der Waals surface area contributed by atoms with Crippen molar-refractivity contribution in [1.29, 1.82) is 0 Å². The Morgan fingerprint density at radius 2 is 2.00 bits per heavy atom. The van der Waals surface area contributed by atoms with E-state index in [4.69, 9.17) is 9.47 Å². The molecular weight excluding hydrogens is 208 g/mol. The fourth-order valence-corrected chi connectivity index (χ4v) is 1.43. The molecular formula is C11H22N2O3. The number of nitrogens with one attached hydrogen (secondary N) is 1. The van der Waals surface area contributed by atoms with Crippen LogP contribution in [0, 0.1) is 0 Å². The maximum Gasteiger partial charge on any atom is 0.307 e. The van der Waals surface area contributed by atoms with Gasteiger partial charge < -0.3 is 9.47 Å². The highest BCUT2D eigenvalue weighted by Gasteiger charge is 2.16. The first-order chi connectivity index (χ1) is 7.47. The van der Waals surface area contributed by atoms with Crippen molar-refractivity contribution >= 4 is 5.97 Å². The summed E-state index contributed by atoms with van der Waals surface area (Å²) in [7, 11) is 0. The number of carbonyl (C=O) groups is 1. The molecule has 5 heteroatoms. The molecule has 1 rings (SSSR count). The molecule has 0 aromatic heterocycles. The molecule has 1 fully saturated rings. The van der Waals surface area contributed by atoms with Gasteiger partial charge in [-0.05, 0) is 20.8 Å². The number of nitrogens with zero attached hydrogens (tertiary/aromatic N) is 1. The second kappa shape index (κ2) is 6.18. The molecule has 0 aromatic rings. The zero-order valence-corrected chi connectivity index (χ0v) is 10.4. The van der Waals surface area contributed by atoms with E-state index in [1.54, 1.807) is 0 Å². The van der Waals surface area contributed by atoms with Crippen LogP contribution < -0.4 is 5.43 Å². The molecule has 0 radical (unpaired) electrons. The molecule has 16 heavy (non-hydrogen) atoms. The smallest absolute Gasteiger partial charge is 0.307 e. The summed E-state index contributed by atoms with van der Waals surface area (Å²) in [6.45, 7) is 9.48. The van der Waals surface area contributed by atoms with E-state index in [2.05, 4.69) is 10.4 Å². The second-order valence-electron chi connectivity index (χ2n) is 4.84. The molecule has 1 aliphatic heterocycles. The van der Waals surface area contributed by atoms with Crippen molar-refractivity contribution in [2.24, 2.45) is 0 Å². The molecule has 1 aliphatic rings. The van der Waals surface area contributed by atoms with E-state index in [1.807, 2.05) is 20.8 Å². The average molecular weight is 230 g/mol. The maximum atomic E-state index is 11.4. The van der Waals surface area contributed by atoms with Crippen LogP contribution in [0.1, 0.15) is 27.2 Å². The van der Waals surface area contributed by atoms with Crippen LogP contribution in [0.4, 0.5) is 0 Å². The molecule has 1 heterocycles. The van der Waals surface area contributed by atoms with E-state index in [0.29, 0.717) is 13.0 Å². The summed E-state index contributed by atoms with van der Waals surface area (Å²) in [6, 6.07) is 0. The van der Waals surface area contributed by atoms with Crippen LogP contribution in [0.3, 0.4) is 0 Å². The standard InChI is InChI=1S/C11H22N2O3/c1-11(2,3)16-10(14)4-5-12-13-6-8-15-9-7-13/h12H,4-9H2,1-3H3. The van der Waals surface area contributed by atoms with Crippen LogP contribution in [0.15, 0.2) is 0 Å². The van der Waals surface area contributed by atoms with Gasteiger partial charge in [0.05, 0.1) is 19.6 Å². The number of morpholine rings is 1. The predicted molar refractivity (Wildman–Crippen MR) is 60.9 cm³/mol. The Hall–Kier alpha value is -0.650. The van der Waals surface area contributed by atoms with Crippen molar-refractivity contribution in [3.8, 4) is 0 Å². The molecule has 0 saturated carbocycles. The first kappa shape index (κ1) is 13.4. The van der Waals surface area contributed by atoms with Crippen molar-refractivity contribution in [3.05, 3.63) is 0 Å². The summed E-state index contributed by atoms with van der Waals surface area (Å²) in [6.07, 6.45) is 0.397. The zero-order chi connectivity index (χ0) is 12.0. The summed E-state index contributed by atoms with van der Waals surface area (Å²) in [4.78, 5) is 11.4. The Balaban J connectivity index is 2.08. The normalized spacial score (nSPS) is 18.4. The Bertz CT molecular complexity index is 220. The van der Waals surface area contributed by atoms with E-state index < -0.39 is 5.60 Å². The van der Waals surface area contributed by atoms with Crippen molar-refractivity contribution < 1.29 is 14.3 Å². The molecule has 1 N–H and O–H groups in total. The van der Waals surface area contributed by atoms with Crippen molar-refractivity contribution in [2.75, 3.05) is 32.8 Å². The fraction of sp³-hybridized carbons (Fsp3) is 0.909. The van der Waals surface area contributed by atoms with Gasteiger partial charge in [0.1, 0.15) is 5.60 Å². The number of ether oxygens (including phenoxy) is 2. The number of hydrazine groups is 1. The quantitative estimate of drug-likeness (QED) is 0.715. The zero-order valence-electron chi connectivity index (χ0n) is 10.4. The highest BCUT2D eigenvalue weighted by atomic mass is 16.6. The van der Waals surface area contributed by atoms with Crippen LogP contribution in [0.25, 0.3) is 0 Å². The van der Waals surface area contributed by atoms with Gasteiger partial charge in [-0.2, -0.15) is 0 Å². The van der Waals surface area contributed by atoms with Crippen LogP contribution in [0.2, 0.25) is 0 Å². The van der Waals surface area contributed by atoms with Crippen molar-refractivity contribution in [1.82, 2.24) is 10.4 Å². The number of carbonyl (C=O) groups excluding carboxylic acids is 1. The minimum absolute atomic E-state index is 0.159. The maximum absolute atomic E-state index is 11.4. The van der Waals surface area contributed by atoms with Crippen LogP contribution in [-0.2, 0) is 14.3 Å². The fourth-order valence-electron chi connectivity index (χ4n) is 1.43. The largest absolute Gasteiger partial charge is 0.460 e. The molecule has 0 aliphatic carbocycles. The van der Waals surface area contributed by atoms with Gasteiger partial charge in [-0.25, -0.2) is 5.01 Å². The van der Waals surface area contributed by atoms with Crippen LogP contribution >= 0.6 is 0 Å². The monoisotopic (exact) mass is 230 g/mol. The molecule has 94 valence electrons. The topological polar surface area (TPSA) is 50.8 Å². The third-order valence-electron chi connectivity index (χ3n) is 2.10. The summed E-state index contributed by atoms with van der Waals surface area (Å²) in [5, 5.41) is 2.08. The lowest BCUT2D eigenvalue weighted by Crippen LogP contribution is -2.46. The molecule has 0 spiro atoms. The molecule has 0 atom stereocenters. The third-order valence-corrected chi connectivity index (χ3v) is 2.10. The number of hydrogen-bond donors (Lipinski definition) is 1. The second-order valence-corrected chi connectivity index (χ2v) is 4.84. The van der Waals surface area contributed by atoms with Crippen LogP contribution in [-0.4, -0.2) is 49.4 Å². The highest BCUT2D eigenvalue weighted by Crippen LogP contribution is 2.07. The van der Waals surface area contributed by atoms with Gasteiger partial charge in [0.15, 0.2) is 0 Å². The lowest BCUT2D eigenvalue weighted by Gasteiger charge is -2.27. The third kappa shape index (κ3) is 6.05. The van der Waals surface area contributed by atoms with Gasteiger partial charge in [-0.1, -0.05) is 0 Å². The number of hydrogen-bond acceptors (Lipinski definition) is 5. The molecule has 0 unspecified atom stereocenters. The van der Waals surface area contributed by atoms with E-state index in [-0.39, 0.29) is 5.97 Å². The van der Waals surface area contributed by atoms with E-state index in [1.165, 1.54) is 0 Å². The molecule has 1 saturated heterocycles. The van der Waals surface area contributed by atoms with Gasteiger partial charge >= 0.3 is 5.97 Å². The van der Waals surface area contributed by atoms with Gasteiger partial charge in [-0.15, -0.1) is 0 Å². The minimum atomic E-state index is -0.393. The van der Waals surface area contributed by atoms with Gasteiger partial charge in [0, 0.05) is 19.6 Å². The predicted octanol–water partition coefficient (Wildman–Crippen LogP) is 0.555. The lowest BCUT2D eigenvalue weighted by atomic mass is 10.2. The SMILES string of the molecule is CC(C)(C)OC(=O)CCNN1CCOCC1. The first-order valence-corrected chi connectivity index (χ1v) is 5.75. The number of rotatable bonds is 4. The Kier molecular flexibility index (Phi) is 5.18. The van der Waals surface area contributed by atoms with Crippen LogP contribution in [0.5, 0.6) is 0 Å². The Morgan fingerprint density at radius 3 is 2.56 bits per heavy atom. The van der Waals surface area contributed by atoms with E-state index in [9.17, 15) is 4.79 Å². The van der Waals surface area contributed by atoms with Gasteiger partial charge in [0.25, 0.3) is 0 Å². The Morgan fingerprint density at radius 1 is 1.38 bits per heavy atom. The van der Waals surface area contributed by atoms with Crippen molar-refractivity contribution in [3.63, 3.8) is 0 Å². The van der Waals surface area contributed by atoms with E-state index in [0.717, 1.165) is 26.3 Å². The minimum Gasteiger partial charge on any atom is -0.460 e. The average Bonchev–Trinajstić information content (AvgIpc) is 2.16. The number of esters is 1. The Labute approximate surface area is 97.1 Å². The summed E-state index contributed by atoms with van der Waals surface area (Å²) < 4.78 is 10.4. The molecule has 0 amide bonds. The summed E-state index contributed by atoms with van der Waals surface area (Å²) in [5.74, 6) is -0.159. The first-order valence-electron chi connectivity index (χ1n) is 5.75. The van der Waals surface area contributed by atoms with E-state index >= 15 is 0 Å². The van der Waals surface area contributed by atoms with Gasteiger partial charge in [0.2, 0.25) is 0 Å².